The van der Waals surface area contributed by atoms with Crippen LogP contribution >= 0.6 is 23.4 Å². The number of fused-ring (bicyclic) bond motifs is 5. The van der Waals surface area contributed by atoms with E-state index < -0.39 is 0 Å². The highest BCUT2D eigenvalue weighted by Gasteiger charge is 2.21. The van der Waals surface area contributed by atoms with Gasteiger partial charge < -0.3 is 0 Å². The maximum absolute atomic E-state index is 6.28. The van der Waals surface area contributed by atoms with Gasteiger partial charge in [-0.15, -0.1) is 0 Å². The Bertz CT molecular complexity index is 764. The van der Waals surface area contributed by atoms with Crippen molar-refractivity contribution in [1.82, 2.24) is 9.55 Å². The average Bonchev–Trinajstić information content (AvgIpc) is 2.77. The fourth-order valence-corrected chi connectivity index (χ4v) is 3.75. The molecule has 2 aromatic carbocycles. The third-order valence-corrected chi connectivity index (χ3v) is 4.53. The Morgan fingerprint density at radius 3 is 2.94 bits per heavy atom. The molecule has 1 aliphatic rings. The second-order valence-electron chi connectivity index (χ2n) is 4.24. The van der Waals surface area contributed by atoms with Crippen LogP contribution in [0, 0.1) is 0 Å². The van der Waals surface area contributed by atoms with Crippen LogP contribution in [-0.4, -0.2) is 9.55 Å². The van der Waals surface area contributed by atoms with Crippen LogP contribution in [0.25, 0.3) is 16.7 Å². The summed E-state index contributed by atoms with van der Waals surface area (Å²) in [7, 11) is 0. The van der Waals surface area contributed by atoms with Gasteiger partial charge in [0.15, 0.2) is 5.16 Å². The van der Waals surface area contributed by atoms with Crippen LogP contribution in [0.2, 0.25) is 5.02 Å². The summed E-state index contributed by atoms with van der Waals surface area (Å²) in [4.78, 5) is 4.66. The third kappa shape index (κ3) is 1.35. The number of hydrogen-bond donors (Lipinski definition) is 0. The minimum Gasteiger partial charge on any atom is -0.287 e. The summed E-state index contributed by atoms with van der Waals surface area (Å²) >= 11 is 8.02. The molecule has 0 bridgehead atoms. The van der Waals surface area contributed by atoms with Crippen molar-refractivity contribution in [3.8, 4) is 5.69 Å². The maximum atomic E-state index is 6.28. The molecule has 0 unspecified atom stereocenters. The van der Waals surface area contributed by atoms with E-state index in [2.05, 4.69) is 21.7 Å². The van der Waals surface area contributed by atoms with Crippen LogP contribution in [0.4, 0.5) is 0 Å². The van der Waals surface area contributed by atoms with Crippen molar-refractivity contribution in [2.24, 2.45) is 0 Å². The van der Waals surface area contributed by atoms with Gasteiger partial charge in [0.2, 0.25) is 0 Å². The molecule has 0 saturated heterocycles. The van der Waals surface area contributed by atoms with E-state index in [1.165, 1.54) is 5.56 Å². The van der Waals surface area contributed by atoms with Crippen molar-refractivity contribution >= 4 is 34.4 Å². The van der Waals surface area contributed by atoms with Crippen LogP contribution in [0.3, 0.4) is 0 Å². The molecule has 0 amide bonds. The van der Waals surface area contributed by atoms with E-state index in [9.17, 15) is 0 Å². The molecule has 2 nitrogen and oxygen atoms in total. The van der Waals surface area contributed by atoms with Gasteiger partial charge in [-0.3, -0.25) is 4.57 Å². The molecule has 0 saturated carbocycles. The molecule has 4 rings (SSSR count). The van der Waals surface area contributed by atoms with Crippen LogP contribution in [-0.2, 0) is 5.75 Å². The lowest BCUT2D eigenvalue weighted by atomic mass is 10.2. The van der Waals surface area contributed by atoms with E-state index in [1.54, 1.807) is 11.8 Å². The number of imidazole rings is 1. The zero-order chi connectivity index (χ0) is 12.1. The number of nitrogens with zero attached hydrogens (tertiary/aromatic N) is 2. The zero-order valence-corrected chi connectivity index (χ0v) is 11.0. The normalized spacial score (nSPS) is 13.4. The quantitative estimate of drug-likeness (QED) is 0.608. The Labute approximate surface area is 114 Å². The lowest BCUT2D eigenvalue weighted by molar-refractivity contribution is 0.894. The number of thioether (sulfide) groups is 1. The Balaban J connectivity index is 2.13. The van der Waals surface area contributed by atoms with Gasteiger partial charge in [0.05, 0.1) is 16.7 Å². The predicted octanol–water partition coefficient (Wildman–Crippen LogP) is 4.28. The summed E-state index contributed by atoms with van der Waals surface area (Å²) in [5.41, 5.74) is 4.53. The SMILES string of the molecule is Clc1cccc2c1CSc1nc3ccccc3n1-2. The first kappa shape index (κ1) is 10.5. The lowest BCUT2D eigenvalue weighted by Gasteiger charge is -2.19. The van der Waals surface area contributed by atoms with Crippen molar-refractivity contribution in [1.29, 1.82) is 0 Å². The fraction of sp³-hybridized carbons (Fsp3) is 0.0714. The predicted molar refractivity (Wildman–Crippen MR) is 75.6 cm³/mol. The summed E-state index contributed by atoms with van der Waals surface area (Å²) < 4.78 is 2.20. The largest absolute Gasteiger partial charge is 0.287 e. The molecule has 1 aromatic heterocycles. The number of para-hydroxylation sites is 2. The monoisotopic (exact) mass is 272 g/mol. The van der Waals surface area contributed by atoms with E-state index >= 15 is 0 Å². The first-order valence-electron chi connectivity index (χ1n) is 5.72. The van der Waals surface area contributed by atoms with Crippen molar-refractivity contribution in [2.75, 3.05) is 0 Å². The third-order valence-electron chi connectivity index (χ3n) is 3.21. The number of benzene rings is 2. The number of hydrogen-bond acceptors (Lipinski definition) is 2. The summed E-state index contributed by atoms with van der Waals surface area (Å²) in [6.07, 6.45) is 0. The molecule has 18 heavy (non-hydrogen) atoms. The Morgan fingerprint density at radius 1 is 1.11 bits per heavy atom. The topological polar surface area (TPSA) is 17.8 Å². The van der Waals surface area contributed by atoms with E-state index in [0.717, 1.165) is 32.7 Å². The molecule has 3 aromatic rings. The zero-order valence-electron chi connectivity index (χ0n) is 9.43. The van der Waals surface area contributed by atoms with E-state index in [4.69, 9.17) is 11.6 Å². The lowest BCUT2D eigenvalue weighted by Crippen LogP contribution is -2.06. The minimum atomic E-state index is 0.837. The molecule has 0 radical (unpaired) electrons. The fourth-order valence-electron chi connectivity index (χ4n) is 2.37. The van der Waals surface area contributed by atoms with Gasteiger partial charge in [0.1, 0.15) is 0 Å². The van der Waals surface area contributed by atoms with Gasteiger partial charge in [-0.2, -0.15) is 0 Å². The first-order valence-corrected chi connectivity index (χ1v) is 7.09. The minimum absolute atomic E-state index is 0.837. The molecule has 2 heterocycles. The average molecular weight is 273 g/mol. The van der Waals surface area contributed by atoms with Crippen LogP contribution in [0.5, 0.6) is 0 Å². The molecule has 0 fully saturated rings. The first-order chi connectivity index (χ1) is 8.84. The van der Waals surface area contributed by atoms with Crippen molar-refractivity contribution in [3.05, 3.63) is 53.1 Å². The van der Waals surface area contributed by atoms with Crippen molar-refractivity contribution in [2.45, 2.75) is 10.9 Å². The molecule has 0 atom stereocenters. The standard InChI is InChI=1S/C14H9ClN2S/c15-10-4-3-7-12-9(10)8-18-14-16-11-5-1-2-6-13(11)17(12)14/h1-7H,8H2. The summed E-state index contributed by atoms with van der Waals surface area (Å²) in [5.74, 6) is 0.887. The smallest absolute Gasteiger partial charge is 0.174 e. The highest BCUT2D eigenvalue weighted by atomic mass is 35.5. The highest BCUT2D eigenvalue weighted by molar-refractivity contribution is 7.98. The molecule has 0 N–H and O–H groups in total. The van der Waals surface area contributed by atoms with Gasteiger partial charge in [-0.05, 0) is 24.3 Å². The van der Waals surface area contributed by atoms with Crippen LogP contribution in [0.15, 0.2) is 47.6 Å². The second-order valence-corrected chi connectivity index (χ2v) is 5.59. The molecular formula is C14H9ClN2S. The van der Waals surface area contributed by atoms with Gasteiger partial charge >= 0.3 is 0 Å². The number of rotatable bonds is 0. The molecular weight excluding hydrogens is 264 g/mol. The van der Waals surface area contributed by atoms with Crippen molar-refractivity contribution in [3.63, 3.8) is 0 Å². The molecule has 0 spiro atoms. The highest BCUT2D eigenvalue weighted by Crippen LogP contribution is 2.39. The Morgan fingerprint density at radius 2 is 2.00 bits per heavy atom. The van der Waals surface area contributed by atoms with E-state index in [0.29, 0.717) is 0 Å². The Hall–Kier alpha value is -1.45. The summed E-state index contributed by atoms with van der Waals surface area (Å²) in [5, 5.41) is 1.88. The van der Waals surface area contributed by atoms with Crippen LogP contribution < -0.4 is 0 Å². The van der Waals surface area contributed by atoms with E-state index in [1.807, 2.05) is 30.3 Å². The molecule has 88 valence electrons. The summed E-state index contributed by atoms with van der Waals surface area (Å²) in [6, 6.07) is 14.3. The number of halogens is 1. The second kappa shape index (κ2) is 3.77. The van der Waals surface area contributed by atoms with Gasteiger partial charge in [0, 0.05) is 16.3 Å². The van der Waals surface area contributed by atoms with Crippen LogP contribution in [0.1, 0.15) is 5.56 Å². The van der Waals surface area contributed by atoms with Gasteiger partial charge in [0.25, 0.3) is 0 Å². The molecule has 0 aliphatic carbocycles. The van der Waals surface area contributed by atoms with Crippen molar-refractivity contribution < 1.29 is 0 Å². The van der Waals surface area contributed by atoms with Gasteiger partial charge in [-0.1, -0.05) is 41.6 Å². The summed E-state index contributed by atoms with van der Waals surface area (Å²) in [6.45, 7) is 0. The molecule has 1 aliphatic heterocycles. The van der Waals surface area contributed by atoms with E-state index in [-0.39, 0.29) is 0 Å². The molecule has 4 heteroatoms. The maximum Gasteiger partial charge on any atom is 0.174 e. The van der Waals surface area contributed by atoms with Gasteiger partial charge in [-0.25, -0.2) is 4.98 Å². The Kier molecular flexibility index (Phi) is 2.19. The number of aromatic nitrogens is 2.